The quantitative estimate of drug-likeness (QED) is 0.902. The number of anilines is 1. The van der Waals surface area contributed by atoms with Crippen molar-refractivity contribution < 1.29 is 0 Å². The van der Waals surface area contributed by atoms with Crippen molar-refractivity contribution in [1.29, 1.82) is 0 Å². The molecule has 1 aromatic carbocycles. The Morgan fingerprint density at radius 3 is 2.62 bits per heavy atom. The van der Waals surface area contributed by atoms with Gasteiger partial charge < -0.3 is 10.2 Å². The van der Waals surface area contributed by atoms with Gasteiger partial charge in [0.05, 0.1) is 5.69 Å². The van der Waals surface area contributed by atoms with Crippen LogP contribution in [0.5, 0.6) is 0 Å². The van der Waals surface area contributed by atoms with Gasteiger partial charge in [-0.05, 0) is 54.0 Å². The number of benzene rings is 1. The third-order valence-corrected chi connectivity index (χ3v) is 4.02. The van der Waals surface area contributed by atoms with E-state index in [-0.39, 0.29) is 0 Å². The molecule has 16 heavy (non-hydrogen) atoms. The first kappa shape index (κ1) is 12.2. The minimum Gasteiger partial charge on any atom is -0.371 e. The molecule has 0 aliphatic carbocycles. The molecule has 1 heterocycles. The van der Waals surface area contributed by atoms with Crippen molar-refractivity contribution in [2.75, 3.05) is 25.0 Å². The smallest absolute Gasteiger partial charge is 0.0511 e. The molecule has 4 heteroatoms. The van der Waals surface area contributed by atoms with Crippen molar-refractivity contribution in [2.24, 2.45) is 0 Å². The van der Waals surface area contributed by atoms with Gasteiger partial charge in [-0.2, -0.15) is 0 Å². The van der Waals surface area contributed by atoms with Crippen LogP contribution in [0.2, 0.25) is 5.02 Å². The van der Waals surface area contributed by atoms with Crippen molar-refractivity contribution in [3.8, 4) is 0 Å². The Balaban J connectivity index is 2.08. The number of nitrogens with zero attached hydrogens (tertiary/aromatic N) is 1. The molecule has 88 valence electrons. The average molecular weight is 304 g/mol. The van der Waals surface area contributed by atoms with Gasteiger partial charge in [0.25, 0.3) is 0 Å². The van der Waals surface area contributed by atoms with E-state index in [9.17, 15) is 0 Å². The normalized spacial score (nSPS) is 17.8. The standard InChI is InChI=1S/C12H16BrClN2/c1-15-10-4-6-16(7-5-10)12-3-2-9(14)8-11(12)13/h2-3,8,10,15H,4-7H2,1H3. The SMILES string of the molecule is CNC1CCN(c2ccc(Cl)cc2Br)CC1. The predicted molar refractivity (Wildman–Crippen MR) is 73.4 cm³/mol. The van der Waals surface area contributed by atoms with Gasteiger partial charge in [0, 0.05) is 28.6 Å². The third kappa shape index (κ3) is 2.70. The van der Waals surface area contributed by atoms with Crippen molar-refractivity contribution in [1.82, 2.24) is 5.32 Å². The van der Waals surface area contributed by atoms with Crippen molar-refractivity contribution in [3.63, 3.8) is 0 Å². The second-order valence-corrected chi connectivity index (χ2v) is 5.44. The molecule has 0 radical (unpaired) electrons. The number of hydrogen-bond donors (Lipinski definition) is 1. The Hall–Kier alpha value is -0.250. The van der Waals surface area contributed by atoms with Crippen LogP contribution < -0.4 is 10.2 Å². The number of rotatable bonds is 2. The molecule has 2 nitrogen and oxygen atoms in total. The fraction of sp³-hybridized carbons (Fsp3) is 0.500. The summed E-state index contributed by atoms with van der Waals surface area (Å²) in [5.41, 5.74) is 1.25. The van der Waals surface area contributed by atoms with E-state index in [1.807, 2.05) is 19.2 Å². The summed E-state index contributed by atoms with van der Waals surface area (Å²) < 4.78 is 1.09. The van der Waals surface area contributed by atoms with Crippen LogP contribution in [0.3, 0.4) is 0 Å². The molecule has 0 atom stereocenters. The molecule has 0 saturated carbocycles. The van der Waals surface area contributed by atoms with Crippen LogP contribution >= 0.6 is 27.5 Å². The van der Waals surface area contributed by atoms with Gasteiger partial charge in [0.1, 0.15) is 0 Å². The van der Waals surface area contributed by atoms with Crippen LogP contribution in [0.1, 0.15) is 12.8 Å². The van der Waals surface area contributed by atoms with Crippen LogP contribution in [-0.4, -0.2) is 26.2 Å². The maximum atomic E-state index is 5.94. The Bertz CT molecular complexity index is 362. The van der Waals surface area contributed by atoms with Crippen LogP contribution in [0.4, 0.5) is 5.69 Å². The lowest BCUT2D eigenvalue weighted by Gasteiger charge is -2.34. The molecule has 0 aromatic heterocycles. The first-order chi connectivity index (χ1) is 7.70. The van der Waals surface area contributed by atoms with Gasteiger partial charge >= 0.3 is 0 Å². The number of nitrogens with one attached hydrogen (secondary N) is 1. The maximum Gasteiger partial charge on any atom is 0.0511 e. The van der Waals surface area contributed by atoms with E-state index in [0.717, 1.165) is 22.6 Å². The summed E-state index contributed by atoms with van der Waals surface area (Å²) in [5.74, 6) is 0. The van der Waals surface area contributed by atoms with Crippen LogP contribution in [-0.2, 0) is 0 Å². The molecule has 0 amide bonds. The van der Waals surface area contributed by atoms with E-state index < -0.39 is 0 Å². The summed E-state index contributed by atoms with van der Waals surface area (Å²) in [7, 11) is 2.04. The van der Waals surface area contributed by atoms with Gasteiger partial charge in [-0.25, -0.2) is 0 Å². The minimum atomic E-state index is 0.669. The minimum absolute atomic E-state index is 0.669. The highest BCUT2D eigenvalue weighted by atomic mass is 79.9. The topological polar surface area (TPSA) is 15.3 Å². The van der Waals surface area contributed by atoms with Crippen molar-refractivity contribution >= 4 is 33.2 Å². The molecule has 0 spiro atoms. The van der Waals surface area contributed by atoms with Crippen LogP contribution in [0, 0.1) is 0 Å². The number of halogens is 2. The lowest BCUT2D eigenvalue weighted by Crippen LogP contribution is -2.41. The molecule has 2 rings (SSSR count). The summed E-state index contributed by atoms with van der Waals surface area (Å²) in [6, 6.07) is 6.67. The van der Waals surface area contributed by atoms with Crippen LogP contribution in [0.15, 0.2) is 22.7 Å². The number of hydrogen-bond acceptors (Lipinski definition) is 2. The molecule has 1 aromatic rings. The highest BCUT2D eigenvalue weighted by Crippen LogP contribution is 2.30. The molecule has 0 bridgehead atoms. The molecule has 1 saturated heterocycles. The van der Waals surface area contributed by atoms with E-state index >= 15 is 0 Å². The van der Waals surface area contributed by atoms with Gasteiger partial charge in [0.15, 0.2) is 0 Å². The average Bonchev–Trinajstić information content (AvgIpc) is 2.29. The zero-order valence-corrected chi connectivity index (χ0v) is 11.7. The predicted octanol–water partition coefficient (Wildman–Crippen LogP) is 3.29. The van der Waals surface area contributed by atoms with Gasteiger partial charge in [0.2, 0.25) is 0 Å². The summed E-state index contributed by atoms with van der Waals surface area (Å²) in [6.07, 6.45) is 2.40. The Morgan fingerprint density at radius 2 is 2.06 bits per heavy atom. The van der Waals surface area contributed by atoms with E-state index in [1.165, 1.54) is 18.5 Å². The van der Waals surface area contributed by atoms with Crippen molar-refractivity contribution in [2.45, 2.75) is 18.9 Å². The monoisotopic (exact) mass is 302 g/mol. The lowest BCUT2D eigenvalue weighted by molar-refractivity contribution is 0.442. The summed E-state index contributed by atoms with van der Waals surface area (Å²) >= 11 is 9.52. The molecule has 1 N–H and O–H groups in total. The fourth-order valence-electron chi connectivity index (χ4n) is 2.15. The molecule has 1 aliphatic heterocycles. The largest absolute Gasteiger partial charge is 0.371 e. The Morgan fingerprint density at radius 1 is 1.38 bits per heavy atom. The van der Waals surface area contributed by atoms with E-state index in [4.69, 9.17) is 11.6 Å². The fourth-order valence-corrected chi connectivity index (χ4v) is 3.08. The molecule has 1 fully saturated rings. The zero-order chi connectivity index (χ0) is 11.5. The first-order valence-corrected chi connectivity index (χ1v) is 6.75. The van der Waals surface area contributed by atoms with Gasteiger partial charge in [-0.1, -0.05) is 11.6 Å². The van der Waals surface area contributed by atoms with Gasteiger partial charge in [-0.15, -0.1) is 0 Å². The van der Waals surface area contributed by atoms with Gasteiger partial charge in [-0.3, -0.25) is 0 Å². The number of piperidine rings is 1. The van der Waals surface area contributed by atoms with Crippen molar-refractivity contribution in [3.05, 3.63) is 27.7 Å². The highest BCUT2D eigenvalue weighted by Gasteiger charge is 2.19. The Labute approximate surface area is 110 Å². The second kappa shape index (κ2) is 5.39. The lowest BCUT2D eigenvalue weighted by atomic mass is 10.0. The van der Waals surface area contributed by atoms with Crippen LogP contribution in [0.25, 0.3) is 0 Å². The molecule has 0 unspecified atom stereocenters. The van der Waals surface area contributed by atoms with E-state index in [2.05, 4.69) is 32.2 Å². The summed E-state index contributed by atoms with van der Waals surface area (Å²) in [4.78, 5) is 2.41. The van der Waals surface area contributed by atoms with E-state index in [1.54, 1.807) is 0 Å². The third-order valence-electron chi connectivity index (χ3n) is 3.15. The summed E-state index contributed by atoms with van der Waals surface area (Å²) in [6.45, 7) is 2.21. The highest BCUT2D eigenvalue weighted by molar-refractivity contribution is 9.10. The first-order valence-electron chi connectivity index (χ1n) is 5.58. The molecular weight excluding hydrogens is 288 g/mol. The molecule has 1 aliphatic rings. The summed E-state index contributed by atoms with van der Waals surface area (Å²) in [5, 5.41) is 4.12. The maximum absolute atomic E-state index is 5.94. The molecular formula is C12H16BrClN2. The zero-order valence-electron chi connectivity index (χ0n) is 9.34. The Kier molecular flexibility index (Phi) is 4.11. The second-order valence-electron chi connectivity index (χ2n) is 4.15. The van der Waals surface area contributed by atoms with E-state index in [0.29, 0.717) is 6.04 Å².